The zero-order chi connectivity index (χ0) is 13.0. The van der Waals surface area contributed by atoms with E-state index < -0.39 is 0 Å². The Morgan fingerprint density at radius 2 is 2.33 bits per heavy atom. The largest absolute Gasteiger partial charge is 0.339 e. The van der Waals surface area contributed by atoms with Crippen molar-refractivity contribution >= 4 is 27.3 Å². The predicted octanol–water partition coefficient (Wildman–Crippen LogP) is 3.49. The van der Waals surface area contributed by atoms with E-state index in [1.54, 1.807) is 11.3 Å². The molecule has 2 heterocycles. The van der Waals surface area contributed by atoms with Crippen molar-refractivity contribution in [2.45, 2.75) is 32.7 Å². The first-order valence-electron chi connectivity index (χ1n) is 6.00. The van der Waals surface area contributed by atoms with Crippen LogP contribution in [-0.2, 0) is 6.42 Å². The van der Waals surface area contributed by atoms with Gasteiger partial charge in [0.1, 0.15) is 0 Å². The second-order valence-electron chi connectivity index (χ2n) is 4.17. The summed E-state index contributed by atoms with van der Waals surface area (Å²) in [6.45, 7) is 5.29. The lowest BCUT2D eigenvalue weighted by atomic mass is 10.2. The molecule has 0 aliphatic rings. The summed E-state index contributed by atoms with van der Waals surface area (Å²) in [6, 6.07) is 4.33. The smallest absolute Gasteiger partial charge is 0.228 e. The van der Waals surface area contributed by atoms with Gasteiger partial charge in [-0.15, -0.1) is 11.3 Å². The highest BCUT2D eigenvalue weighted by Crippen LogP contribution is 2.29. The van der Waals surface area contributed by atoms with Crippen LogP contribution in [0, 0.1) is 0 Å². The van der Waals surface area contributed by atoms with Crippen molar-refractivity contribution in [3.8, 4) is 10.7 Å². The van der Waals surface area contributed by atoms with Crippen LogP contribution in [0.25, 0.3) is 10.7 Å². The van der Waals surface area contributed by atoms with Crippen molar-refractivity contribution in [3.63, 3.8) is 0 Å². The first kappa shape index (κ1) is 13.7. The molecule has 1 unspecified atom stereocenters. The van der Waals surface area contributed by atoms with Gasteiger partial charge in [-0.1, -0.05) is 12.1 Å². The average molecular weight is 330 g/mol. The summed E-state index contributed by atoms with van der Waals surface area (Å²) in [5, 5.41) is 7.41. The Balaban J connectivity index is 1.98. The third kappa shape index (κ3) is 3.63. The van der Waals surface area contributed by atoms with Gasteiger partial charge in [0.2, 0.25) is 11.7 Å². The van der Waals surface area contributed by atoms with E-state index in [0.29, 0.717) is 17.8 Å². The van der Waals surface area contributed by atoms with Gasteiger partial charge in [0.15, 0.2) is 0 Å². The van der Waals surface area contributed by atoms with Gasteiger partial charge in [-0.25, -0.2) is 0 Å². The van der Waals surface area contributed by atoms with Crippen LogP contribution in [-0.4, -0.2) is 22.7 Å². The van der Waals surface area contributed by atoms with E-state index in [-0.39, 0.29) is 0 Å². The number of nitrogens with zero attached hydrogens (tertiary/aromatic N) is 2. The van der Waals surface area contributed by atoms with Crippen LogP contribution in [0.4, 0.5) is 0 Å². The maximum Gasteiger partial charge on any atom is 0.228 e. The third-order valence-corrected chi connectivity index (χ3v) is 4.10. The van der Waals surface area contributed by atoms with E-state index in [1.807, 2.05) is 12.1 Å². The SMILES string of the molecule is CCCNC(C)Cc1nc(-c2ccc(Br)s2)no1. The highest BCUT2D eigenvalue weighted by atomic mass is 79.9. The van der Waals surface area contributed by atoms with Gasteiger partial charge in [-0.05, 0) is 48.0 Å². The zero-order valence-corrected chi connectivity index (χ0v) is 12.8. The van der Waals surface area contributed by atoms with E-state index in [4.69, 9.17) is 4.52 Å². The molecule has 4 nitrogen and oxygen atoms in total. The summed E-state index contributed by atoms with van der Waals surface area (Å²) < 4.78 is 6.34. The Labute approximate surface area is 119 Å². The van der Waals surface area contributed by atoms with E-state index >= 15 is 0 Å². The molecular formula is C12H16BrN3OS. The monoisotopic (exact) mass is 329 g/mol. The van der Waals surface area contributed by atoms with Gasteiger partial charge in [-0.3, -0.25) is 0 Å². The molecule has 0 bridgehead atoms. The van der Waals surface area contributed by atoms with E-state index in [2.05, 4.69) is 45.2 Å². The van der Waals surface area contributed by atoms with Crippen LogP contribution in [0.3, 0.4) is 0 Å². The summed E-state index contributed by atoms with van der Waals surface area (Å²) >= 11 is 5.03. The molecule has 6 heteroatoms. The topological polar surface area (TPSA) is 51.0 Å². The quantitative estimate of drug-likeness (QED) is 0.881. The van der Waals surface area contributed by atoms with Crippen molar-refractivity contribution in [1.82, 2.24) is 15.5 Å². The molecule has 2 rings (SSSR count). The Hall–Kier alpha value is -0.720. The van der Waals surface area contributed by atoms with E-state index in [0.717, 1.165) is 28.0 Å². The van der Waals surface area contributed by atoms with E-state index in [9.17, 15) is 0 Å². The summed E-state index contributed by atoms with van der Waals surface area (Å²) in [6.07, 6.45) is 1.89. The molecule has 0 saturated carbocycles. The normalized spacial score (nSPS) is 12.8. The minimum absolute atomic E-state index is 0.355. The number of rotatable bonds is 6. The second-order valence-corrected chi connectivity index (χ2v) is 6.64. The standard InChI is InChI=1S/C12H16BrN3OS/c1-3-6-14-8(2)7-11-15-12(16-17-11)9-4-5-10(13)18-9/h4-5,8,14H,3,6-7H2,1-2H3. The van der Waals surface area contributed by atoms with Crippen LogP contribution in [0.5, 0.6) is 0 Å². The van der Waals surface area contributed by atoms with Gasteiger partial charge < -0.3 is 9.84 Å². The molecule has 0 aliphatic carbocycles. The summed E-state index contributed by atoms with van der Waals surface area (Å²) in [7, 11) is 0. The minimum atomic E-state index is 0.355. The van der Waals surface area contributed by atoms with Gasteiger partial charge in [0.25, 0.3) is 0 Å². The number of aromatic nitrogens is 2. The summed E-state index contributed by atoms with van der Waals surface area (Å²) in [5.41, 5.74) is 0. The van der Waals surface area contributed by atoms with Gasteiger partial charge >= 0.3 is 0 Å². The molecule has 98 valence electrons. The second kappa shape index (κ2) is 6.45. The van der Waals surface area contributed by atoms with Crippen LogP contribution in [0.1, 0.15) is 26.2 Å². The van der Waals surface area contributed by atoms with Crippen molar-refractivity contribution in [2.24, 2.45) is 0 Å². The maximum atomic E-state index is 5.27. The molecule has 1 atom stereocenters. The lowest BCUT2D eigenvalue weighted by Crippen LogP contribution is -2.28. The first-order chi connectivity index (χ1) is 8.69. The van der Waals surface area contributed by atoms with Crippen LogP contribution in [0.2, 0.25) is 0 Å². The average Bonchev–Trinajstić information content (AvgIpc) is 2.95. The third-order valence-electron chi connectivity index (χ3n) is 2.49. The molecular weight excluding hydrogens is 314 g/mol. The van der Waals surface area contributed by atoms with Gasteiger partial charge in [0, 0.05) is 12.5 Å². The number of nitrogens with one attached hydrogen (secondary N) is 1. The molecule has 0 saturated heterocycles. The molecule has 1 N–H and O–H groups in total. The van der Waals surface area contributed by atoms with Gasteiger partial charge in [0.05, 0.1) is 8.66 Å². The molecule has 0 radical (unpaired) electrons. The summed E-state index contributed by atoms with van der Waals surface area (Å²) in [5.74, 6) is 1.36. The molecule has 0 fully saturated rings. The van der Waals surface area contributed by atoms with Crippen LogP contribution in [0.15, 0.2) is 20.4 Å². The number of hydrogen-bond acceptors (Lipinski definition) is 5. The molecule has 2 aromatic heterocycles. The van der Waals surface area contributed by atoms with Crippen molar-refractivity contribution < 1.29 is 4.52 Å². The fourth-order valence-electron chi connectivity index (χ4n) is 1.60. The maximum absolute atomic E-state index is 5.27. The van der Waals surface area contributed by atoms with Crippen LogP contribution >= 0.6 is 27.3 Å². The fraction of sp³-hybridized carbons (Fsp3) is 0.500. The van der Waals surface area contributed by atoms with Crippen LogP contribution < -0.4 is 5.32 Å². The molecule has 0 amide bonds. The minimum Gasteiger partial charge on any atom is -0.339 e. The molecule has 0 spiro atoms. The summed E-state index contributed by atoms with van der Waals surface area (Å²) in [4.78, 5) is 5.43. The number of thiophene rings is 1. The van der Waals surface area contributed by atoms with Crippen molar-refractivity contribution in [1.29, 1.82) is 0 Å². The number of hydrogen-bond donors (Lipinski definition) is 1. The molecule has 2 aromatic rings. The van der Waals surface area contributed by atoms with Crippen molar-refractivity contribution in [3.05, 3.63) is 21.8 Å². The van der Waals surface area contributed by atoms with Gasteiger partial charge in [-0.2, -0.15) is 4.98 Å². The Kier molecular flexibility index (Phi) is 4.91. The van der Waals surface area contributed by atoms with Crippen molar-refractivity contribution in [2.75, 3.05) is 6.54 Å². The fourth-order valence-corrected chi connectivity index (χ4v) is 2.91. The molecule has 18 heavy (non-hydrogen) atoms. The Morgan fingerprint density at radius 3 is 3.00 bits per heavy atom. The predicted molar refractivity (Wildman–Crippen MR) is 76.8 cm³/mol. The number of halogens is 1. The lowest BCUT2D eigenvalue weighted by molar-refractivity contribution is 0.362. The highest BCUT2D eigenvalue weighted by molar-refractivity contribution is 9.11. The first-order valence-corrected chi connectivity index (χ1v) is 7.61. The zero-order valence-electron chi connectivity index (χ0n) is 10.4. The Morgan fingerprint density at radius 1 is 1.50 bits per heavy atom. The Bertz CT molecular complexity index is 497. The highest BCUT2D eigenvalue weighted by Gasteiger charge is 2.12. The lowest BCUT2D eigenvalue weighted by Gasteiger charge is -2.09. The molecule has 0 aliphatic heterocycles. The molecule has 0 aromatic carbocycles. The van der Waals surface area contributed by atoms with E-state index in [1.165, 1.54) is 0 Å².